The quantitative estimate of drug-likeness (QED) is 0.804. The molecule has 1 amide bonds. The third kappa shape index (κ3) is 4.29. The lowest BCUT2D eigenvalue weighted by atomic mass is 10.1. The molecule has 6 nitrogen and oxygen atoms in total. The highest BCUT2D eigenvalue weighted by atomic mass is 19.1. The average molecular weight is 320 g/mol. The predicted octanol–water partition coefficient (Wildman–Crippen LogP) is 1.19. The Morgan fingerprint density at radius 1 is 1.48 bits per heavy atom. The first-order chi connectivity index (χ1) is 11.0. The minimum Gasteiger partial charge on any atom is -0.494 e. The van der Waals surface area contributed by atoms with Crippen LogP contribution in [0.3, 0.4) is 0 Å². The summed E-state index contributed by atoms with van der Waals surface area (Å²) in [5.74, 6) is -0.334. The second-order valence-electron chi connectivity index (χ2n) is 5.18. The summed E-state index contributed by atoms with van der Waals surface area (Å²) in [6, 6.07) is 4.32. The average Bonchev–Trinajstić information content (AvgIpc) is 2.94. The summed E-state index contributed by atoms with van der Waals surface area (Å²) >= 11 is 0. The Hall–Kier alpha value is -2.41. The van der Waals surface area contributed by atoms with Crippen LogP contribution in [0.15, 0.2) is 30.6 Å². The van der Waals surface area contributed by atoms with Crippen LogP contribution in [-0.4, -0.2) is 36.4 Å². The van der Waals surface area contributed by atoms with Gasteiger partial charge in [-0.25, -0.2) is 4.39 Å². The van der Waals surface area contributed by atoms with Crippen molar-refractivity contribution in [2.75, 3.05) is 20.7 Å². The van der Waals surface area contributed by atoms with Crippen molar-refractivity contribution >= 4 is 5.91 Å². The van der Waals surface area contributed by atoms with Gasteiger partial charge in [0.15, 0.2) is 11.6 Å². The minimum atomic E-state index is -0.462. The van der Waals surface area contributed by atoms with E-state index in [1.807, 2.05) is 0 Å². The Morgan fingerprint density at radius 3 is 2.83 bits per heavy atom. The Labute approximate surface area is 134 Å². The highest BCUT2D eigenvalue weighted by molar-refractivity contribution is 5.83. The van der Waals surface area contributed by atoms with Crippen LogP contribution in [-0.2, 0) is 18.3 Å². The van der Waals surface area contributed by atoms with Gasteiger partial charge in [0.25, 0.3) is 0 Å². The highest BCUT2D eigenvalue weighted by Gasteiger charge is 2.19. The van der Waals surface area contributed by atoms with Gasteiger partial charge < -0.3 is 15.4 Å². The molecule has 1 atom stereocenters. The molecule has 1 aromatic heterocycles. The van der Waals surface area contributed by atoms with Crippen molar-refractivity contribution in [1.82, 2.24) is 20.4 Å². The SMILES string of the molecule is CNC(C(=O)NCCc1ccc(OC)c(F)c1)c1cnn(C)c1. The van der Waals surface area contributed by atoms with E-state index in [1.54, 1.807) is 43.3 Å². The smallest absolute Gasteiger partial charge is 0.241 e. The van der Waals surface area contributed by atoms with E-state index in [9.17, 15) is 9.18 Å². The van der Waals surface area contributed by atoms with Crippen LogP contribution in [0.25, 0.3) is 0 Å². The van der Waals surface area contributed by atoms with E-state index < -0.39 is 11.9 Å². The Balaban J connectivity index is 1.90. The number of hydrogen-bond donors (Lipinski definition) is 2. The maximum absolute atomic E-state index is 13.6. The summed E-state index contributed by atoms with van der Waals surface area (Å²) in [5, 5.41) is 9.87. The van der Waals surface area contributed by atoms with Crippen molar-refractivity contribution in [2.45, 2.75) is 12.5 Å². The van der Waals surface area contributed by atoms with E-state index in [1.165, 1.54) is 13.2 Å². The second kappa shape index (κ2) is 7.73. The number of nitrogens with one attached hydrogen (secondary N) is 2. The molecule has 2 rings (SSSR count). The fourth-order valence-electron chi connectivity index (χ4n) is 2.34. The third-order valence-electron chi connectivity index (χ3n) is 3.54. The van der Waals surface area contributed by atoms with E-state index in [0.717, 1.165) is 11.1 Å². The summed E-state index contributed by atoms with van der Waals surface area (Å²) < 4.78 is 20.1. The molecule has 0 aliphatic carbocycles. The molecule has 0 radical (unpaired) electrons. The van der Waals surface area contributed by atoms with Crippen LogP contribution in [0.1, 0.15) is 17.2 Å². The number of aryl methyl sites for hydroxylation is 1. The Kier molecular flexibility index (Phi) is 5.70. The molecule has 2 N–H and O–H groups in total. The number of nitrogens with zero attached hydrogens (tertiary/aromatic N) is 2. The van der Waals surface area contributed by atoms with Gasteiger partial charge >= 0.3 is 0 Å². The monoisotopic (exact) mass is 320 g/mol. The molecule has 1 unspecified atom stereocenters. The van der Waals surface area contributed by atoms with Gasteiger partial charge in [-0.15, -0.1) is 0 Å². The molecular weight excluding hydrogens is 299 g/mol. The zero-order valence-electron chi connectivity index (χ0n) is 13.5. The number of methoxy groups -OCH3 is 1. The van der Waals surface area contributed by atoms with Gasteiger partial charge in [-0.05, 0) is 31.2 Å². The van der Waals surface area contributed by atoms with E-state index >= 15 is 0 Å². The molecular formula is C16H21FN4O2. The molecule has 1 aromatic carbocycles. The summed E-state index contributed by atoms with van der Waals surface area (Å²) in [6.45, 7) is 0.420. The van der Waals surface area contributed by atoms with Crippen LogP contribution < -0.4 is 15.4 Å². The minimum absolute atomic E-state index is 0.144. The Morgan fingerprint density at radius 2 is 2.26 bits per heavy atom. The first kappa shape index (κ1) is 17.0. The fourth-order valence-corrected chi connectivity index (χ4v) is 2.34. The van der Waals surface area contributed by atoms with E-state index in [-0.39, 0.29) is 11.7 Å². The number of carbonyl (C=O) groups is 1. The summed E-state index contributed by atoms with van der Waals surface area (Å²) in [5.41, 5.74) is 1.59. The zero-order valence-corrected chi connectivity index (χ0v) is 13.5. The molecule has 0 aliphatic rings. The molecule has 2 aromatic rings. The Bertz CT molecular complexity index is 672. The van der Waals surface area contributed by atoms with Gasteiger partial charge in [-0.3, -0.25) is 9.48 Å². The van der Waals surface area contributed by atoms with Crippen molar-refractivity contribution in [3.63, 3.8) is 0 Å². The number of ether oxygens (including phenoxy) is 1. The van der Waals surface area contributed by atoms with Crippen LogP contribution in [0.5, 0.6) is 5.75 Å². The first-order valence-corrected chi connectivity index (χ1v) is 7.31. The number of benzene rings is 1. The highest BCUT2D eigenvalue weighted by Crippen LogP contribution is 2.18. The molecule has 0 bridgehead atoms. The number of likely N-dealkylation sites (N-methyl/N-ethyl adjacent to an activating group) is 1. The van der Waals surface area contributed by atoms with Gasteiger partial charge in [0.05, 0.1) is 13.3 Å². The zero-order chi connectivity index (χ0) is 16.8. The molecule has 23 heavy (non-hydrogen) atoms. The number of carbonyl (C=O) groups excluding carboxylic acids is 1. The topological polar surface area (TPSA) is 68.2 Å². The van der Waals surface area contributed by atoms with Crippen molar-refractivity contribution in [3.8, 4) is 5.75 Å². The van der Waals surface area contributed by atoms with Crippen molar-refractivity contribution < 1.29 is 13.9 Å². The number of halogens is 1. The third-order valence-corrected chi connectivity index (χ3v) is 3.54. The van der Waals surface area contributed by atoms with Crippen molar-refractivity contribution in [2.24, 2.45) is 7.05 Å². The van der Waals surface area contributed by atoms with Crippen LogP contribution in [0.4, 0.5) is 4.39 Å². The largest absolute Gasteiger partial charge is 0.494 e. The molecule has 0 aliphatic heterocycles. The van der Waals surface area contributed by atoms with E-state index in [2.05, 4.69) is 15.7 Å². The lowest BCUT2D eigenvalue weighted by Gasteiger charge is -2.14. The number of aromatic nitrogens is 2. The lowest BCUT2D eigenvalue weighted by molar-refractivity contribution is -0.123. The van der Waals surface area contributed by atoms with Gasteiger partial charge in [-0.2, -0.15) is 5.10 Å². The predicted molar refractivity (Wildman–Crippen MR) is 84.7 cm³/mol. The van der Waals surface area contributed by atoms with Crippen LogP contribution in [0.2, 0.25) is 0 Å². The maximum Gasteiger partial charge on any atom is 0.241 e. The van der Waals surface area contributed by atoms with E-state index in [4.69, 9.17) is 4.74 Å². The molecule has 0 saturated heterocycles. The summed E-state index contributed by atoms with van der Waals surface area (Å²) in [7, 11) is 4.94. The molecule has 124 valence electrons. The molecule has 0 spiro atoms. The van der Waals surface area contributed by atoms with Crippen LogP contribution >= 0.6 is 0 Å². The van der Waals surface area contributed by atoms with Gasteiger partial charge in [0.1, 0.15) is 6.04 Å². The normalized spacial score (nSPS) is 12.0. The molecule has 0 fully saturated rings. The second-order valence-corrected chi connectivity index (χ2v) is 5.18. The first-order valence-electron chi connectivity index (χ1n) is 7.31. The number of rotatable bonds is 7. The standard InChI is InChI=1S/C16H21FN4O2/c1-18-15(12-9-20-21(2)10-12)16(22)19-7-6-11-4-5-14(23-3)13(17)8-11/h4-5,8-10,15,18H,6-7H2,1-3H3,(H,19,22). The fraction of sp³-hybridized carbons (Fsp3) is 0.375. The number of hydrogen-bond acceptors (Lipinski definition) is 4. The lowest BCUT2D eigenvalue weighted by Crippen LogP contribution is -2.36. The molecule has 0 saturated carbocycles. The van der Waals surface area contributed by atoms with Gasteiger partial charge in [0, 0.05) is 25.4 Å². The van der Waals surface area contributed by atoms with Crippen molar-refractivity contribution in [3.05, 3.63) is 47.5 Å². The molecule has 1 heterocycles. The maximum atomic E-state index is 13.6. The van der Waals surface area contributed by atoms with Gasteiger partial charge in [-0.1, -0.05) is 6.07 Å². The van der Waals surface area contributed by atoms with Gasteiger partial charge in [0.2, 0.25) is 5.91 Å². The van der Waals surface area contributed by atoms with Crippen molar-refractivity contribution in [1.29, 1.82) is 0 Å². The molecule has 7 heteroatoms. The van der Waals surface area contributed by atoms with E-state index in [0.29, 0.717) is 13.0 Å². The number of amides is 1. The van der Waals surface area contributed by atoms with Crippen LogP contribution in [0, 0.1) is 5.82 Å². The summed E-state index contributed by atoms with van der Waals surface area (Å²) in [6.07, 6.45) is 3.98. The summed E-state index contributed by atoms with van der Waals surface area (Å²) in [4.78, 5) is 12.2.